The highest BCUT2D eigenvalue weighted by Crippen LogP contribution is 2.31. The quantitative estimate of drug-likeness (QED) is 0.599. The molecule has 2 rings (SSSR count). The van der Waals surface area contributed by atoms with E-state index in [-0.39, 0.29) is 10.8 Å². The largest absolute Gasteiger partial charge is 0.465 e. The molecule has 0 N–H and O–H groups in total. The van der Waals surface area contributed by atoms with Crippen molar-refractivity contribution in [3.63, 3.8) is 0 Å². The first-order chi connectivity index (χ1) is 9.61. The number of hydrogen-bond acceptors (Lipinski definition) is 3. The van der Waals surface area contributed by atoms with Gasteiger partial charge >= 0.3 is 5.97 Å². The highest BCUT2D eigenvalue weighted by Gasteiger charge is 2.16. The summed E-state index contributed by atoms with van der Waals surface area (Å²) in [7, 11) is 1.37. The summed E-state index contributed by atoms with van der Waals surface area (Å²) in [6.07, 6.45) is 0. The molecule has 0 aliphatic carbocycles. The Bertz CT molecular complexity index is 594. The van der Waals surface area contributed by atoms with Gasteiger partial charge in [-0.3, -0.25) is 0 Å². The first kappa shape index (κ1) is 14.6. The third-order valence-corrected chi connectivity index (χ3v) is 3.33. The maximum atomic E-state index is 11.7. The summed E-state index contributed by atoms with van der Waals surface area (Å²) in [5.41, 5.74) is 1.38. The van der Waals surface area contributed by atoms with Gasteiger partial charge in [-0.25, -0.2) is 4.79 Å². The van der Waals surface area contributed by atoms with E-state index in [2.05, 4.69) is 15.9 Å². The number of rotatable bonds is 4. The molecule has 0 fully saturated rings. The van der Waals surface area contributed by atoms with Crippen LogP contribution in [0.2, 0.25) is 0 Å². The third kappa shape index (κ3) is 3.39. The van der Waals surface area contributed by atoms with E-state index in [0.717, 1.165) is 11.3 Å². The van der Waals surface area contributed by atoms with Gasteiger partial charge in [0.25, 0.3) is 0 Å². The van der Waals surface area contributed by atoms with Gasteiger partial charge in [0.05, 0.1) is 12.7 Å². The summed E-state index contributed by atoms with van der Waals surface area (Å²) in [5, 5.41) is 0. The first-order valence-corrected chi connectivity index (χ1v) is 7.12. The van der Waals surface area contributed by atoms with Gasteiger partial charge in [-0.05, 0) is 42.8 Å². The number of carbonyl (C=O) groups is 1. The van der Waals surface area contributed by atoms with Crippen LogP contribution in [0.5, 0.6) is 11.5 Å². The van der Waals surface area contributed by atoms with Crippen LogP contribution in [0.1, 0.15) is 27.7 Å². The molecule has 0 amide bonds. The molecular formula is C16H15BrO3. The molecule has 0 aromatic heterocycles. The number of esters is 1. The maximum Gasteiger partial charge on any atom is 0.338 e. The van der Waals surface area contributed by atoms with Crippen molar-refractivity contribution in [3.05, 3.63) is 59.7 Å². The molecule has 0 saturated carbocycles. The van der Waals surface area contributed by atoms with Crippen molar-refractivity contribution < 1.29 is 14.3 Å². The third-order valence-electron chi connectivity index (χ3n) is 2.84. The minimum absolute atomic E-state index is 0.0240. The van der Waals surface area contributed by atoms with E-state index in [1.165, 1.54) is 7.11 Å². The fourth-order valence-electron chi connectivity index (χ4n) is 1.85. The lowest BCUT2D eigenvalue weighted by molar-refractivity contribution is 0.0599. The predicted molar refractivity (Wildman–Crippen MR) is 81.6 cm³/mol. The highest BCUT2D eigenvalue weighted by atomic mass is 79.9. The molecular weight excluding hydrogens is 320 g/mol. The maximum absolute atomic E-state index is 11.7. The monoisotopic (exact) mass is 334 g/mol. The second-order valence-electron chi connectivity index (χ2n) is 4.27. The minimum Gasteiger partial charge on any atom is -0.465 e. The summed E-state index contributed by atoms with van der Waals surface area (Å²) in [4.78, 5) is 11.7. The summed E-state index contributed by atoms with van der Waals surface area (Å²) in [6.45, 7) is 1.95. The molecule has 20 heavy (non-hydrogen) atoms. The second-order valence-corrected chi connectivity index (χ2v) is 5.65. The number of para-hydroxylation sites is 1. The van der Waals surface area contributed by atoms with Crippen molar-refractivity contribution >= 4 is 21.9 Å². The average molecular weight is 335 g/mol. The number of ether oxygens (including phenoxy) is 2. The lowest BCUT2D eigenvalue weighted by atomic mass is 10.0. The number of benzene rings is 2. The van der Waals surface area contributed by atoms with Crippen molar-refractivity contribution in [2.45, 2.75) is 11.8 Å². The molecule has 2 aromatic rings. The van der Waals surface area contributed by atoms with Crippen LogP contribution in [-0.4, -0.2) is 13.1 Å². The van der Waals surface area contributed by atoms with Crippen molar-refractivity contribution in [1.82, 2.24) is 0 Å². The van der Waals surface area contributed by atoms with Crippen LogP contribution in [-0.2, 0) is 4.74 Å². The van der Waals surface area contributed by atoms with E-state index in [9.17, 15) is 4.79 Å². The topological polar surface area (TPSA) is 35.5 Å². The molecule has 0 spiro atoms. The van der Waals surface area contributed by atoms with Gasteiger partial charge in [-0.1, -0.05) is 34.1 Å². The normalized spacial score (nSPS) is 11.8. The molecule has 2 aromatic carbocycles. The van der Waals surface area contributed by atoms with E-state index >= 15 is 0 Å². The molecule has 3 nitrogen and oxygen atoms in total. The average Bonchev–Trinajstić information content (AvgIpc) is 2.47. The van der Waals surface area contributed by atoms with Gasteiger partial charge in [0.2, 0.25) is 0 Å². The van der Waals surface area contributed by atoms with Gasteiger partial charge in [0, 0.05) is 4.83 Å². The molecule has 1 unspecified atom stereocenters. The number of hydrogen-bond donors (Lipinski definition) is 0. The van der Waals surface area contributed by atoms with Crippen LogP contribution < -0.4 is 4.74 Å². The predicted octanol–water partition coefficient (Wildman–Crippen LogP) is 4.72. The van der Waals surface area contributed by atoms with Gasteiger partial charge in [-0.2, -0.15) is 0 Å². The van der Waals surface area contributed by atoms with E-state index in [4.69, 9.17) is 9.47 Å². The molecule has 4 heteroatoms. The molecule has 0 saturated heterocycles. The Morgan fingerprint density at radius 3 is 2.40 bits per heavy atom. The SMILES string of the molecule is COC(=O)c1ccc(Oc2ccccc2)cc1C(C)Br. The Hall–Kier alpha value is -1.81. The Morgan fingerprint density at radius 2 is 1.80 bits per heavy atom. The smallest absolute Gasteiger partial charge is 0.338 e. The molecule has 0 aliphatic heterocycles. The highest BCUT2D eigenvalue weighted by molar-refractivity contribution is 9.09. The number of carbonyl (C=O) groups excluding carboxylic acids is 1. The number of halogens is 1. The summed E-state index contributed by atoms with van der Waals surface area (Å²) < 4.78 is 10.5. The standard InChI is InChI=1S/C16H15BrO3/c1-11(17)15-10-13(8-9-14(15)16(18)19-2)20-12-6-4-3-5-7-12/h3-11H,1-2H3. The Balaban J connectivity index is 2.33. The van der Waals surface area contributed by atoms with Gasteiger partial charge in [0.15, 0.2) is 0 Å². The van der Waals surface area contributed by atoms with E-state index in [1.807, 2.05) is 43.3 Å². The summed E-state index contributed by atoms with van der Waals surface area (Å²) >= 11 is 3.49. The molecule has 1 atom stereocenters. The lowest BCUT2D eigenvalue weighted by Gasteiger charge is -2.13. The van der Waals surface area contributed by atoms with Crippen molar-refractivity contribution in [2.24, 2.45) is 0 Å². The Kier molecular flexibility index (Phi) is 4.79. The summed E-state index contributed by atoms with van der Waals surface area (Å²) in [5.74, 6) is 1.09. The zero-order chi connectivity index (χ0) is 14.5. The zero-order valence-corrected chi connectivity index (χ0v) is 12.9. The molecule has 0 radical (unpaired) electrons. The first-order valence-electron chi connectivity index (χ1n) is 6.21. The summed E-state index contributed by atoms with van der Waals surface area (Å²) in [6, 6.07) is 14.8. The van der Waals surface area contributed by atoms with Crippen LogP contribution in [0.15, 0.2) is 48.5 Å². The number of methoxy groups -OCH3 is 1. The number of alkyl halides is 1. The van der Waals surface area contributed by atoms with Crippen LogP contribution in [0, 0.1) is 0 Å². The van der Waals surface area contributed by atoms with Crippen molar-refractivity contribution in [3.8, 4) is 11.5 Å². The lowest BCUT2D eigenvalue weighted by Crippen LogP contribution is -2.06. The Labute approximate surface area is 126 Å². The van der Waals surface area contributed by atoms with E-state index < -0.39 is 0 Å². The fraction of sp³-hybridized carbons (Fsp3) is 0.188. The molecule has 0 aliphatic rings. The zero-order valence-electron chi connectivity index (χ0n) is 11.3. The van der Waals surface area contributed by atoms with Gasteiger partial charge in [0.1, 0.15) is 11.5 Å². The van der Waals surface area contributed by atoms with Gasteiger partial charge in [-0.15, -0.1) is 0 Å². The molecule has 0 heterocycles. The fourth-order valence-corrected chi connectivity index (χ4v) is 2.23. The van der Waals surface area contributed by atoms with E-state index in [0.29, 0.717) is 11.3 Å². The van der Waals surface area contributed by atoms with Crippen molar-refractivity contribution in [2.75, 3.05) is 7.11 Å². The van der Waals surface area contributed by atoms with Gasteiger partial charge < -0.3 is 9.47 Å². The van der Waals surface area contributed by atoms with Crippen LogP contribution in [0.3, 0.4) is 0 Å². The molecule has 0 bridgehead atoms. The van der Waals surface area contributed by atoms with Crippen LogP contribution in [0.25, 0.3) is 0 Å². The van der Waals surface area contributed by atoms with E-state index in [1.54, 1.807) is 12.1 Å². The second kappa shape index (κ2) is 6.57. The Morgan fingerprint density at radius 1 is 1.10 bits per heavy atom. The van der Waals surface area contributed by atoms with Crippen LogP contribution >= 0.6 is 15.9 Å². The van der Waals surface area contributed by atoms with Crippen molar-refractivity contribution in [1.29, 1.82) is 0 Å². The van der Waals surface area contributed by atoms with Crippen LogP contribution in [0.4, 0.5) is 0 Å². The molecule has 104 valence electrons. The minimum atomic E-state index is -0.349.